The van der Waals surface area contributed by atoms with Crippen LogP contribution in [0.3, 0.4) is 0 Å². The third-order valence-electron chi connectivity index (χ3n) is 5.52. The monoisotopic (exact) mass is 422 g/mol. The van der Waals surface area contributed by atoms with Gasteiger partial charge in [-0.3, -0.25) is 9.59 Å². The highest BCUT2D eigenvalue weighted by molar-refractivity contribution is 6.18. The fourth-order valence-electron chi connectivity index (χ4n) is 4.16. The van der Waals surface area contributed by atoms with Crippen LogP contribution < -0.4 is 11.1 Å². The van der Waals surface area contributed by atoms with Gasteiger partial charge in [-0.1, -0.05) is 24.3 Å². The molecule has 0 aliphatic rings. The molecule has 0 aliphatic heterocycles. The summed E-state index contributed by atoms with van der Waals surface area (Å²) in [5.41, 5.74) is 10.5. The molecule has 0 bridgehead atoms. The highest BCUT2D eigenvalue weighted by Gasteiger charge is 2.18. The predicted octanol–water partition coefficient (Wildman–Crippen LogP) is 4.96. The molecule has 0 spiro atoms. The Labute approximate surface area is 184 Å². The molecule has 157 valence electrons. The van der Waals surface area contributed by atoms with Crippen LogP contribution in [0.25, 0.3) is 33.1 Å². The average molecular weight is 422 g/mol. The van der Waals surface area contributed by atoms with Gasteiger partial charge < -0.3 is 20.0 Å². The van der Waals surface area contributed by atoms with E-state index in [9.17, 15) is 9.59 Å². The first-order valence-electron chi connectivity index (χ1n) is 10.2. The Hall–Kier alpha value is -4.32. The zero-order chi connectivity index (χ0) is 22.2. The largest absolute Gasteiger partial charge is 0.464 e. The van der Waals surface area contributed by atoms with Crippen LogP contribution in [0.2, 0.25) is 0 Å². The molecule has 0 fully saturated rings. The molecule has 2 heterocycles. The minimum atomic E-state index is -0.489. The number of nitrogens with one attached hydrogen (secondary N) is 1. The van der Waals surface area contributed by atoms with E-state index in [2.05, 4.69) is 16.0 Å². The van der Waals surface area contributed by atoms with Gasteiger partial charge in [-0.05, 0) is 54.1 Å². The summed E-state index contributed by atoms with van der Waals surface area (Å²) in [6, 6.07) is 24.1. The van der Waals surface area contributed by atoms with Gasteiger partial charge in [-0.2, -0.15) is 0 Å². The lowest BCUT2D eigenvalue weighted by molar-refractivity contribution is -0.114. The second-order valence-electron chi connectivity index (χ2n) is 7.61. The molecule has 2 aromatic heterocycles. The number of carbonyl (C=O) groups excluding carboxylic acids is 2. The first-order chi connectivity index (χ1) is 15.5. The highest BCUT2D eigenvalue weighted by atomic mass is 16.3. The molecule has 6 nitrogen and oxygen atoms in total. The lowest BCUT2D eigenvalue weighted by Gasteiger charge is -2.13. The standard InChI is InChI=1S/C26H20N3O3/c1-16(30)28-21-8-3-2-6-18(21)15-29-22-9-4-7-20(26(27)31)25(22)19-12-11-17(14-23(19)29)24-10-5-13-32-24/h2-11,13-14H,15H2,1H3,(H2,27,31)(H,28,30). The van der Waals surface area contributed by atoms with E-state index in [-0.39, 0.29) is 5.91 Å². The maximum atomic E-state index is 12.2. The van der Waals surface area contributed by atoms with Gasteiger partial charge in [0.05, 0.1) is 23.8 Å². The van der Waals surface area contributed by atoms with Gasteiger partial charge in [-0.15, -0.1) is 0 Å². The summed E-state index contributed by atoms with van der Waals surface area (Å²) in [5, 5.41) is 4.47. The zero-order valence-electron chi connectivity index (χ0n) is 17.4. The number of nitrogens with two attached hydrogens (primary N) is 1. The Morgan fingerprint density at radius 3 is 2.66 bits per heavy atom. The van der Waals surface area contributed by atoms with Gasteiger partial charge >= 0.3 is 0 Å². The maximum absolute atomic E-state index is 12.2. The lowest BCUT2D eigenvalue weighted by Crippen LogP contribution is -2.11. The van der Waals surface area contributed by atoms with Crippen molar-refractivity contribution in [2.75, 3.05) is 5.32 Å². The molecule has 32 heavy (non-hydrogen) atoms. The van der Waals surface area contributed by atoms with Crippen molar-refractivity contribution in [3.63, 3.8) is 0 Å². The van der Waals surface area contributed by atoms with Crippen LogP contribution in [0.1, 0.15) is 22.8 Å². The molecule has 0 aliphatic carbocycles. The predicted molar refractivity (Wildman–Crippen MR) is 124 cm³/mol. The van der Waals surface area contributed by atoms with Crippen LogP contribution in [0.15, 0.2) is 77.4 Å². The van der Waals surface area contributed by atoms with E-state index >= 15 is 0 Å². The normalized spacial score (nSPS) is 11.2. The van der Waals surface area contributed by atoms with E-state index in [4.69, 9.17) is 10.2 Å². The zero-order valence-corrected chi connectivity index (χ0v) is 17.4. The van der Waals surface area contributed by atoms with Crippen LogP contribution >= 0.6 is 0 Å². The van der Waals surface area contributed by atoms with Gasteiger partial charge in [0.1, 0.15) is 5.76 Å². The fraction of sp³-hybridized carbons (Fsp3) is 0.0769. The number of primary amides is 1. The molecule has 0 saturated carbocycles. The minimum absolute atomic E-state index is 0.135. The number of nitrogens with zero attached hydrogens (tertiary/aromatic N) is 1. The van der Waals surface area contributed by atoms with Crippen LogP contribution in [-0.4, -0.2) is 16.4 Å². The number of carbonyl (C=O) groups is 2. The minimum Gasteiger partial charge on any atom is -0.464 e. The Kier molecular flexibility index (Phi) is 4.75. The van der Waals surface area contributed by atoms with Crippen LogP contribution in [0, 0.1) is 6.07 Å². The number of fused-ring (bicyclic) bond motifs is 3. The molecule has 3 aromatic carbocycles. The summed E-state index contributed by atoms with van der Waals surface area (Å²) in [7, 11) is 0. The summed E-state index contributed by atoms with van der Waals surface area (Å²) >= 11 is 0. The molecule has 5 rings (SSSR count). The van der Waals surface area contributed by atoms with Crippen molar-refractivity contribution in [3.8, 4) is 11.3 Å². The molecular formula is C26H20N3O3. The number of hydrogen-bond donors (Lipinski definition) is 2. The third kappa shape index (κ3) is 3.32. The molecule has 5 aromatic rings. The first kappa shape index (κ1) is 19.6. The van der Waals surface area contributed by atoms with E-state index < -0.39 is 5.91 Å². The van der Waals surface area contributed by atoms with Gasteiger partial charge in [0, 0.05) is 34.5 Å². The van der Waals surface area contributed by atoms with Gasteiger partial charge in [0.25, 0.3) is 0 Å². The van der Waals surface area contributed by atoms with Crippen LogP contribution in [0.5, 0.6) is 0 Å². The molecule has 0 saturated heterocycles. The second kappa shape index (κ2) is 7.74. The molecule has 0 unspecified atom stereocenters. The van der Waals surface area contributed by atoms with Gasteiger partial charge in [0.2, 0.25) is 11.8 Å². The number of hydrogen-bond acceptors (Lipinski definition) is 3. The highest BCUT2D eigenvalue weighted by Crippen LogP contribution is 2.35. The Balaban J connectivity index is 1.78. The number of aromatic nitrogens is 1. The number of para-hydroxylation sites is 1. The molecule has 2 amide bonds. The van der Waals surface area contributed by atoms with E-state index in [1.165, 1.54) is 6.92 Å². The average Bonchev–Trinajstić information content (AvgIpc) is 3.41. The maximum Gasteiger partial charge on any atom is 0.249 e. The Bertz CT molecular complexity index is 1480. The van der Waals surface area contributed by atoms with E-state index in [1.807, 2.05) is 60.7 Å². The van der Waals surface area contributed by atoms with E-state index in [0.717, 1.165) is 44.4 Å². The topological polar surface area (TPSA) is 90.3 Å². The van der Waals surface area contributed by atoms with Crippen molar-refractivity contribution in [3.05, 3.63) is 90.2 Å². The van der Waals surface area contributed by atoms with Crippen molar-refractivity contribution >= 4 is 39.3 Å². The second-order valence-corrected chi connectivity index (χ2v) is 7.61. The van der Waals surface area contributed by atoms with Crippen molar-refractivity contribution in [1.82, 2.24) is 4.57 Å². The summed E-state index contributed by atoms with van der Waals surface area (Å²) in [6.45, 7) is 1.97. The smallest absolute Gasteiger partial charge is 0.249 e. The SMILES string of the molecule is CC(=O)Nc1ccccc1Cn1c2cc(-c3ccco3)c[c]c2c2c(C(N)=O)cccc21. The van der Waals surface area contributed by atoms with Crippen molar-refractivity contribution < 1.29 is 14.0 Å². The number of amides is 2. The van der Waals surface area contributed by atoms with Crippen LogP contribution in [-0.2, 0) is 11.3 Å². The number of furan rings is 1. The fourth-order valence-corrected chi connectivity index (χ4v) is 4.16. The summed E-state index contributed by atoms with van der Waals surface area (Å²) in [5.74, 6) is 0.106. The summed E-state index contributed by atoms with van der Waals surface area (Å²) < 4.78 is 7.69. The van der Waals surface area contributed by atoms with Crippen molar-refractivity contribution in [2.45, 2.75) is 13.5 Å². The van der Waals surface area contributed by atoms with Gasteiger partial charge in [-0.25, -0.2) is 0 Å². The quantitative estimate of drug-likeness (QED) is 0.419. The number of benzene rings is 3. The van der Waals surface area contributed by atoms with Crippen molar-refractivity contribution in [2.24, 2.45) is 5.73 Å². The Morgan fingerprint density at radius 1 is 1.06 bits per heavy atom. The van der Waals surface area contributed by atoms with E-state index in [1.54, 1.807) is 12.3 Å². The molecule has 3 N–H and O–H groups in total. The number of anilines is 1. The molecular weight excluding hydrogens is 402 g/mol. The molecule has 1 radical (unpaired) electrons. The lowest BCUT2D eigenvalue weighted by atomic mass is 10.0. The van der Waals surface area contributed by atoms with E-state index in [0.29, 0.717) is 12.1 Å². The third-order valence-corrected chi connectivity index (χ3v) is 5.52. The van der Waals surface area contributed by atoms with Crippen molar-refractivity contribution in [1.29, 1.82) is 0 Å². The molecule has 6 heteroatoms. The molecule has 0 atom stereocenters. The first-order valence-corrected chi connectivity index (χ1v) is 10.2. The number of rotatable bonds is 5. The summed E-state index contributed by atoms with van der Waals surface area (Å²) in [4.78, 5) is 23.9. The Morgan fingerprint density at radius 2 is 1.91 bits per heavy atom. The van der Waals surface area contributed by atoms with Gasteiger partial charge in [0.15, 0.2) is 0 Å². The van der Waals surface area contributed by atoms with Crippen LogP contribution in [0.4, 0.5) is 5.69 Å². The summed E-state index contributed by atoms with van der Waals surface area (Å²) in [6.07, 6.45) is 1.63.